The molecule has 0 bridgehead atoms. The normalized spacial score (nSPS) is 12.5. The standard InChI is InChI=1S/C22H27NO5/c1-4-16(2)21(22(25)26-3)23-20(24)15-28-19-12-10-18(11-13-19)27-14-17-8-6-5-7-9-17/h5-13,16,21H,4,14-15H2,1-3H3,(H,23,24)/t16-,21-/m1/s1. The van der Waals surface area contributed by atoms with Gasteiger partial charge in [0, 0.05) is 0 Å². The summed E-state index contributed by atoms with van der Waals surface area (Å²) in [5.41, 5.74) is 1.08. The number of carbonyl (C=O) groups is 2. The van der Waals surface area contributed by atoms with Gasteiger partial charge in [-0.2, -0.15) is 0 Å². The molecule has 2 rings (SSSR count). The summed E-state index contributed by atoms with van der Waals surface area (Å²) in [5.74, 6) is 0.392. The van der Waals surface area contributed by atoms with Crippen molar-refractivity contribution in [2.75, 3.05) is 13.7 Å². The van der Waals surface area contributed by atoms with Gasteiger partial charge in [0.2, 0.25) is 0 Å². The van der Waals surface area contributed by atoms with Crippen LogP contribution in [0.5, 0.6) is 11.5 Å². The number of nitrogens with one attached hydrogen (secondary N) is 1. The van der Waals surface area contributed by atoms with E-state index in [9.17, 15) is 9.59 Å². The Morgan fingerprint density at radius 2 is 1.57 bits per heavy atom. The second-order valence-corrected chi connectivity index (χ2v) is 6.49. The summed E-state index contributed by atoms with van der Waals surface area (Å²) >= 11 is 0. The molecule has 0 spiro atoms. The van der Waals surface area contributed by atoms with Crippen molar-refractivity contribution < 1.29 is 23.8 Å². The van der Waals surface area contributed by atoms with Crippen molar-refractivity contribution in [3.05, 3.63) is 60.2 Å². The van der Waals surface area contributed by atoms with Gasteiger partial charge in [-0.05, 0) is 35.7 Å². The van der Waals surface area contributed by atoms with Gasteiger partial charge in [0.25, 0.3) is 5.91 Å². The van der Waals surface area contributed by atoms with E-state index in [-0.39, 0.29) is 18.4 Å². The van der Waals surface area contributed by atoms with E-state index in [2.05, 4.69) is 5.32 Å². The molecule has 150 valence electrons. The van der Waals surface area contributed by atoms with Gasteiger partial charge in [-0.1, -0.05) is 50.6 Å². The number of esters is 1. The molecule has 6 nitrogen and oxygen atoms in total. The molecule has 0 aliphatic rings. The van der Waals surface area contributed by atoms with E-state index in [1.54, 1.807) is 24.3 Å². The van der Waals surface area contributed by atoms with Crippen molar-refractivity contribution in [1.29, 1.82) is 0 Å². The van der Waals surface area contributed by atoms with Gasteiger partial charge in [-0.3, -0.25) is 4.79 Å². The maximum absolute atomic E-state index is 12.1. The van der Waals surface area contributed by atoms with Crippen LogP contribution < -0.4 is 14.8 Å². The van der Waals surface area contributed by atoms with Gasteiger partial charge in [-0.25, -0.2) is 4.79 Å². The van der Waals surface area contributed by atoms with Gasteiger partial charge in [-0.15, -0.1) is 0 Å². The zero-order chi connectivity index (χ0) is 20.4. The Bertz CT molecular complexity index is 745. The number of carbonyl (C=O) groups excluding carboxylic acids is 2. The molecule has 0 radical (unpaired) electrons. The van der Waals surface area contributed by atoms with E-state index in [4.69, 9.17) is 14.2 Å². The summed E-state index contributed by atoms with van der Waals surface area (Å²) in [6, 6.07) is 16.2. The molecule has 0 aliphatic carbocycles. The number of hydrogen-bond acceptors (Lipinski definition) is 5. The topological polar surface area (TPSA) is 73.9 Å². The average molecular weight is 385 g/mol. The van der Waals surface area contributed by atoms with Crippen molar-refractivity contribution >= 4 is 11.9 Å². The van der Waals surface area contributed by atoms with Crippen LogP contribution in [0.4, 0.5) is 0 Å². The highest BCUT2D eigenvalue weighted by molar-refractivity contribution is 5.85. The monoisotopic (exact) mass is 385 g/mol. The van der Waals surface area contributed by atoms with Crippen LogP contribution in [0.3, 0.4) is 0 Å². The van der Waals surface area contributed by atoms with Gasteiger partial charge in [0.05, 0.1) is 7.11 Å². The molecule has 6 heteroatoms. The summed E-state index contributed by atoms with van der Waals surface area (Å²) in [6.45, 7) is 4.13. The molecule has 0 saturated heterocycles. The number of amides is 1. The lowest BCUT2D eigenvalue weighted by Gasteiger charge is -2.21. The molecule has 0 aromatic heterocycles. The van der Waals surface area contributed by atoms with Crippen molar-refractivity contribution in [3.8, 4) is 11.5 Å². The molecule has 2 atom stereocenters. The Kier molecular flexibility index (Phi) is 8.34. The second kappa shape index (κ2) is 11.0. The van der Waals surface area contributed by atoms with E-state index < -0.39 is 12.0 Å². The fraction of sp³-hybridized carbons (Fsp3) is 0.364. The lowest BCUT2D eigenvalue weighted by molar-refractivity contribution is -0.146. The summed E-state index contributed by atoms with van der Waals surface area (Å²) in [6.07, 6.45) is 0.741. The third kappa shape index (κ3) is 6.61. The molecular weight excluding hydrogens is 358 g/mol. The van der Waals surface area contributed by atoms with Gasteiger partial charge < -0.3 is 19.5 Å². The third-order valence-electron chi connectivity index (χ3n) is 4.43. The molecule has 0 unspecified atom stereocenters. The summed E-state index contributed by atoms with van der Waals surface area (Å²) in [4.78, 5) is 24.0. The van der Waals surface area contributed by atoms with E-state index in [1.165, 1.54) is 7.11 Å². The second-order valence-electron chi connectivity index (χ2n) is 6.49. The van der Waals surface area contributed by atoms with E-state index in [0.29, 0.717) is 18.1 Å². The van der Waals surface area contributed by atoms with Crippen LogP contribution in [0.25, 0.3) is 0 Å². The molecular formula is C22H27NO5. The first-order chi connectivity index (χ1) is 13.5. The minimum atomic E-state index is -0.681. The molecule has 2 aromatic carbocycles. The van der Waals surface area contributed by atoms with Crippen LogP contribution in [0.2, 0.25) is 0 Å². The lowest BCUT2D eigenvalue weighted by atomic mass is 9.99. The molecule has 1 N–H and O–H groups in total. The summed E-state index contributed by atoms with van der Waals surface area (Å²) in [7, 11) is 1.31. The van der Waals surface area contributed by atoms with E-state index in [0.717, 1.165) is 12.0 Å². The molecule has 0 fully saturated rings. The van der Waals surface area contributed by atoms with Gasteiger partial charge >= 0.3 is 5.97 Å². The Morgan fingerprint density at radius 1 is 0.964 bits per heavy atom. The van der Waals surface area contributed by atoms with Crippen molar-refractivity contribution in [3.63, 3.8) is 0 Å². The number of ether oxygens (including phenoxy) is 3. The van der Waals surface area contributed by atoms with Crippen LogP contribution in [0.15, 0.2) is 54.6 Å². The molecule has 0 aliphatic heterocycles. The van der Waals surface area contributed by atoms with Crippen LogP contribution >= 0.6 is 0 Å². The van der Waals surface area contributed by atoms with E-state index >= 15 is 0 Å². The van der Waals surface area contributed by atoms with Crippen LogP contribution in [0.1, 0.15) is 25.8 Å². The molecule has 0 saturated carbocycles. The lowest BCUT2D eigenvalue weighted by Crippen LogP contribution is -2.47. The highest BCUT2D eigenvalue weighted by atomic mass is 16.5. The third-order valence-corrected chi connectivity index (χ3v) is 4.43. The highest BCUT2D eigenvalue weighted by Gasteiger charge is 2.26. The number of methoxy groups -OCH3 is 1. The molecule has 2 aromatic rings. The van der Waals surface area contributed by atoms with E-state index in [1.807, 2.05) is 44.2 Å². The van der Waals surface area contributed by atoms with Crippen LogP contribution in [-0.2, 0) is 20.9 Å². The van der Waals surface area contributed by atoms with Gasteiger partial charge in [0.1, 0.15) is 24.1 Å². The summed E-state index contributed by atoms with van der Waals surface area (Å²) < 4.78 is 16.0. The smallest absolute Gasteiger partial charge is 0.328 e. The number of benzene rings is 2. The fourth-order valence-electron chi connectivity index (χ4n) is 2.53. The van der Waals surface area contributed by atoms with Crippen molar-refractivity contribution in [1.82, 2.24) is 5.32 Å². The minimum Gasteiger partial charge on any atom is -0.489 e. The molecule has 0 heterocycles. The predicted molar refractivity (Wildman–Crippen MR) is 106 cm³/mol. The van der Waals surface area contributed by atoms with Crippen molar-refractivity contribution in [2.24, 2.45) is 5.92 Å². The van der Waals surface area contributed by atoms with Crippen molar-refractivity contribution in [2.45, 2.75) is 32.9 Å². The zero-order valence-corrected chi connectivity index (χ0v) is 16.5. The predicted octanol–water partition coefficient (Wildman–Crippen LogP) is 3.35. The first-order valence-electron chi connectivity index (χ1n) is 9.30. The first kappa shape index (κ1) is 21.3. The molecule has 28 heavy (non-hydrogen) atoms. The Labute approximate surface area is 165 Å². The van der Waals surface area contributed by atoms with Crippen LogP contribution in [-0.4, -0.2) is 31.6 Å². The maximum atomic E-state index is 12.1. The zero-order valence-electron chi connectivity index (χ0n) is 16.5. The average Bonchev–Trinajstić information content (AvgIpc) is 2.75. The van der Waals surface area contributed by atoms with Crippen LogP contribution in [0, 0.1) is 5.92 Å². The fourth-order valence-corrected chi connectivity index (χ4v) is 2.53. The Hall–Kier alpha value is -3.02. The van der Waals surface area contributed by atoms with Gasteiger partial charge in [0.15, 0.2) is 6.61 Å². The minimum absolute atomic E-state index is 0.0301. The SMILES string of the molecule is CC[C@@H](C)[C@@H](NC(=O)COc1ccc(OCc2ccccc2)cc1)C(=O)OC. The maximum Gasteiger partial charge on any atom is 0.328 e. The highest BCUT2D eigenvalue weighted by Crippen LogP contribution is 2.18. The molecule has 1 amide bonds. The Balaban J connectivity index is 1.81. The number of rotatable bonds is 10. The quantitative estimate of drug-likeness (QED) is 0.635. The Morgan fingerprint density at radius 3 is 2.14 bits per heavy atom. The summed E-state index contributed by atoms with van der Waals surface area (Å²) in [5, 5.41) is 2.68. The largest absolute Gasteiger partial charge is 0.489 e. The first-order valence-corrected chi connectivity index (χ1v) is 9.30. The number of hydrogen-bond donors (Lipinski definition) is 1.